The Morgan fingerprint density at radius 3 is 2.23 bits per heavy atom. The van der Waals surface area contributed by atoms with Crippen molar-refractivity contribution >= 4 is 29.5 Å². The van der Waals surface area contributed by atoms with Crippen LogP contribution in [0.4, 0.5) is 10.5 Å². The van der Waals surface area contributed by atoms with Crippen molar-refractivity contribution in [1.82, 2.24) is 10.2 Å². The van der Waals surface area contributed by atoms with Gasteiger partial charge in [0, 0.05) is 18.2 Å². The van der Waals surface area contributed by atoms with Gasteiger partial charge in [-0.2, -0.15) is 0 Å². The van der Waals surface area contributed by atoms with Gasteiger partial charge in [0.15, 0.2) is 0 Å². The third-order valence-electron chi connectivity index (χ3n) is 6.64. The van der Waals surface area contributed by atoms with E-state index in [9.17, 15) is 19.2 Å². The van der Waals surface area contributed by atoms with Crippen LogP contribution in [-0.2, 0) is 19.1 Å². The van der Waals surface area contributed by atoms with Gasteiger partial charge in [0.1, 0.15) is 17.7 Å². The van der Waals surface area contributed by atoms with Crippen LogP contribution in [0.5, 0.6) is 0 Å². The predicted octanol–water partition coefficient (Wildman–Crippen LogP) is 4.44. The third-order valence-corrected chi connectivity index (χ3v) is 6.64. The number of ether oxygens (including phenoxy) is 1. The van der Waals surface area contributed by atoms with Crippen LogP contribution in [0, 0.1) is 20.8 Å². The van der Waals surface area contributed by atoms with Crippen molar-refractivity contribution < 1.29 is 23.9 Å². The van der Waals surface area contributed by atoms with Gasteiger partial charge in [0.25, 0.3) is 5.91 Å². The number of nitrogens with two attached hydrogens (primary N) is 1. The van der Waals surface area contributed by atoms with E-state index in [-0.39, 0.29) is 24.8 Å². The van der Waals surface area contributed by atoms with Crippen molar-refractivity contribution in [3.63, 3.8) is 0 Å². The highest BCUT2D eigenvalue weighted by Gasteiger charge is 2.44. The average molecular weight is 537 g/mol. The van der Waals surface area contributed by atoms with E-state index in [0.29, 0.717) is 11.3 Å². The molecule has 9 nitrogen and oxygen atoms in total. The summed E-state index contributed by atoms with van der Waals surface area (Å²) in [5.41, 5.74) is 8.85. The Morgan fingerprint density at radius 1 is 1.00 bits per heavy atom. The van der Waals surface area contributed by atoms with Gasteiger partial charge in [-0.05, 0) is 89.1 Å². The molecule has 9 heteroatoms. The number of carbonyl (C=O) groups excluding carboxylic acids is 4. The van der Waals surface area contributed by atoms with Crippen molar-refractivity contribution in [3.8, 4) is 0 Å². The van der Waals surface area contributed by atoms with E-state index >= 15 is 0 Å². The number of primary amides is 1. The zero-order valence-corrected chi connectivity index (χ0v) is 23.7. The second-order valence-corrected chi connectivity index (χ2v) is 11.2. The van der Waals surface area contributed by atoms with Gasteiger partial charge in [-0.15, -0.1) is 0 Å². The summed E-state index contributed by atoms with van der Waals surface area (Å²) in [6, 6.07) is 10.9. The standard InChI is InChI=1S/C30H40N4O5/c1-18-11-12-21(17-20(18)3)26(27(36)32-23-10-8-7-9-19(23)2)34(22-13-14-22)28(37)24(15-16-25(31)35)33-29(38)39-30(4,5)6/h7-12,17,22,24,26H,13-16H2,1-6H3,(H2,31,35)(H,32,36)(H,33,38). The number of carbonyl (C=O) groups is 4. The van der Waals surface area contributed by atoms with Gasteiger partial charge in [-0.25, -0.2) is 4.79 Å². The molecule has 1 saturated carbocycles. The van der Waals surface area contributed by atoms with Crippen LogP contribution in [0.2, 0.25) is 0 Å². The molecule has 4 amide bonds. The number of hydrogen-bond acceptors (Lipinski definition) is 5. The average Bonchev–Trinajstić information content (AvgIpc) is 3.67. The first-order valence-corrected chi connectivity index (χ1v) is 13.3. The molecule has 0 spiro atoms. The van der Waals surface area contributed by atoms with Gasteiger partial charge in [0.2, 0.25) is 11.8 Å². The molecular formula is C30H40N4O5. The maximum Gasteiger partial charge on any atom is 0.408 e. The largest absolute Gasteiger partial charge is 0.444 e. The van der Waals surface area contributed by atoms with Gasteiger partial charge in [-0.3, -0.25) is 14.4 Å². The molecule has 2 aromatic rings. The number of aryl methyl sites for hydroxylation is 3. The number of alkyl carbamates (subject to hydrolysis) is 1. The molecule has 0 heterocycles. The van der Waals surface area contributed by atoms with E-state index in [4.69, 9.17) is 10.5 Å². The molecule has 0 saturated heterocycles. The molecule has 0 radical (unpaired) electrons. The molecule has 2 atom stereocenters. The minimum Gasteiger partial charge on any atom is -0.444 e. The number of hydrogen-bond donors (Lipinski definition) is 3. The fourth-order valence-electron chi connectivity index (χ4n) is 4.33. The lowest BCUT2D eigenvalue weighted by atomic mass is 9.97. The van der Waals surface area contributed by atoms with Crippen molar-refractivity contribution in [1.29, 1.82) is 0 Å². The summed E-state index contributed by atoms with van der Waals surface area (Å²) in [5.74, 6) is -1.42. The SMILES string of the molecule is Cc1ccc(C(C(=O)Nc2ccccc2C)N(C(=O)C(CCC(N)=O)NC(=O)OC(C)(C)C)C2CC2)cc1C. The molecule has 2 aromatic carbocycles. The van der Waals surface area contributed by atoms with Crippen molar-refractivity contribution in [2.24, 2.45) is 5.73 Å². The zero-order chi connectivity index (χ0) is 28.9. The van der Waals surface area contributed by atoms with Gasteiger partial charge < -0.3 is 26.0 Å². The molecule has 39 heavy (non-hydrogen) atoms. The summed E-state index contributed by atoms with van der Waals surface area (Å²) < 4.78 is 5.38. The molecule has 3 rings (SSSR count). The Kier molecular flexibility index (Phi) is 9.37. The number of para-hydroxylation sites is 1. The molecule has 1 aliphatic carbocycles. The first-order chi connectivity index (χ1) is 18.3. The van der Waals surface area contributed by atoms with E-state index in [1.807, 2.05) is 63.2 Å². The summed E-state index contributed by atoms with van der Waals surface area (Å²) in [6.45, 7) is 11.0. The van der Waals surface area contributed by atoms with Crippen LogP contribution in [0.1, 0.15) is 74.8 Å². The number of amides is 4. The van der Waals surface area contributed by atoms with E-state index in [2.05, 4.69) is 10.6 Å². The first kappa shape index (κ1) is 29.7. The van der Waals surface area contributed by atoms with Gasteiger partial charge in [-0.1, -0.05) is 36.4 Å². The summed E-state index contributed by atoms with van der Waals surface area (Å²) >= 11 is 0. The van der Waals surface area contributed by atoms with Crippen LogP contribution in [-0.4, -0.2) is 46.4 Å². The summed E-state index contributed by atoms with van der Waals surface area (Å²) in [4.78, 5) is 53.9. The molecule has 4 N–H and O–H groups in total. The highest BCUT2D eigenvalue weighted by Crippen LogP contribution is 2.37. The maximum absolute atomic E-state index is 14.2. The Morgan fingerprint density at radius 2 is 1.67 bits per heavy atom. The van der Waals surface area contributed by atoms with E-state index < -0.39 is 35.6 Å². The maximum atomic E-state index is 14.2. The summed E-state index contributed by atoms with van der Waals surface area (Å²) in [6.07, 6.45) is 0.525. The number of nitrogens with one attached hydrogen (secondary N) is 2. The molecule has 0 aliphatic heterocycles. The van der Waals surface area contributed by atoms with Crippen LogP contribution in [0.3, 0.4) is 0 Å². The molecule has 210 valence electrons. The topological polar surface area (TPSA) is 131 Å². The fraction of sp³-hybridized carbons (Fsp3) is 0.467. The third kappa shape index (κ3) is 8.30. The van der Waals surface area contributed by atoms with Crippen molar-refractivity contribution in [3.05, 3.63) is 64.7 Å². The summed E-state index contributed by atoms with van der Waals surface area (Å²) in [7, 11) is 0. The Labute approximate surface area is 230 Å². The van der Waals surface area contributed by atoms with Crippen molar-refractivity contribution in [2.75, 3.05) is 5.32 Å². The zero-order valence-electron chi connectivity index (χ0n) is 23.7. The number of rotatable bonds is 10. The Balaban J connectivity index is 2.02. The number of anilines is 1. The monoisotopic (exact) mass is 536 g/mol. The normalized spacial score (nSPS) is 14.6. The molecular weight excluding hydrogens is 496 g/mol. The van der Waals surface area contributed by atoms with Gasteiger partial charge >= 0.3 is 6.09 Å². The fourth-order valence-corrected chi connectivity index (χ4v) is 4.33. The minimum atomic E-state index is -1.10. The Hall–Kier alpha value is -3.88. The highest BCUT2D eigenvalue weighted by atomic mass is 16.6. The second kappa shape index (κ2) is 12.3. The molecule has 1 aliphatic rings. The lowest BCUT2D eigenvalue weighted by Gasteiger charge is -2.35. The molecule has 1 fully saturated rings. The highest BCUT2D eigenvalue weighted by molar-refractivity contribution is 5.99. The lowest BCUT2D eigenvalue weighted by Crippen LogP contribution is -2.53. The molecule has 2 unspecified atom stereocenters. The molecule has 0 bridgehead atoms. The first-order valence-electron chi connectivity index (χ1n) is 13.3. The minimum absolute atomic E-state index is 0.0182. The number of benzene rings is 2. The van der Waals surface area contributed by atoms with Crippen LogP contribution < -0.4 is 16.4 Å². The van der Waals surface area contributed by atoms with E-state index in [1.165, 1.54) is 0 Å². The number of nitrogens with zero attached hydrogens (tertiary/aromatic N) is 1. The van der Waals surface area contributed by atoms with Crippen molar-refractivity contribution in [2.45, 2.75) is 91.0 Å². The Bertz CT molecular complexity index is 1230. The molecule has 0 aromatic heterocycles. The van der Waals surface area contributed by atoms with Crippen LogP contribution in [0.15, 0.2) is 42.5 Å². The van der Waals surface area contributed by atoms with Crippen LogP contribution in [0.25, 0.3) is 0 Å². The lowest BCUT2D eigenvalue weighted by molar-refractivity contribution is -0.141. The van der Waals surface area contributed by atoms with Crippen LogP contribution >= 0.6 is 0 Å². The predicted molar refractivity (Wildman–Crippen MR) is 150 cm³/mol. The van der Waals surface area contributed by atoms with E-state index in [1.54, 1.807) is 25.7 Å². The quantitative estimate of drug-likeness (QED) is 0.413. The summed E-state index contributed by atoms with van der Waals surface area (Å²) in [5, 5.41) is 5.63. The van der Waals surface area contributed by atoms with Gasteiger partial charge in [0.05, 0.1) is 0 Å². The second-order valence-electron chi connectivity index (χ2n) is 11.2. The van der Waals surface area contributed by atoms with E-state index in [0.717, 1.165) is 29.5 Å². The smallest absolute Gasteiger partial charge is 0.408 e.